The summed E-state index contributed by atoms with van der Waals surface area (Å²) in [7, 11) is 0. The number of carbonyl (C=O) groups is 1. The van der Waals surface area contributed by atoms with Crippen molar-refractivity contribution in [2.75, 3.05) is 0 Å². The molecule has 1 aliphatic rings. The van der Waals surface area contributed by atoms with E-state index in [-0.39, 0.29) is 11.9 Å². The number of carbonyl (C=O) groups excluding carboxylic acids is 1. The molecule has 0 saturated heterocycles. The molecule has 0 spiro atoms. The molecule has 3 rings (SSSR count). The van der Waals surface area contributed by atoms with Gasteiger partial charge in [-0.25, -0.2) is 0 Å². The number of nitrogens with one attached hydrogen (secondary N) is 1. The first-order valence-electron chi connectivity index (χ1n) is 9.62. The summed E-state index contributed by atoms with van der Waals surface area (Å²) >= 11 is 0. The molecule has 1 fully saturated rings. The molecule has 1 aliphatic carbocycles. The molecule has 0 bridgehead atoms. The van der Waals surface area contributed by atoms with Gasteiger partial charge in [-0.1, -0.05) is 37.5 Å². The van der Waals surface area contributed by atoms with Crippen molar-refractivity contribution >= 4 is 5.91 Å². The molecule has 26 heavy (non-hydrogen) atoms. The van der Waals surface area contributed by atoms with Crippen molar-refractivity contribution in [1.29, 1.82) is 0 Å². The van der Waals surface area contributed by atoms with E-state index < -0.39 is 0 Å². The van der Waals surface area contributed by atoms with Gasteiger partial charge in [-0.2, -0.15) is 0 Å². The minimum absolute atomic E-state index is 0.0125. The zero-order valence-corrected chi connectivity index (χ0v) is 15.5. The van der Waals surface area contributed by atoms with E-state index in [9.17, 15) is 4.79 Å². The predicted molar refractivity (Wildman–Crippen MR) is 103 cm³/mol. The molecule has 1 atom stereocenters. The van der Waals surface area contributed by atoms with Gasteiger partial charge in [0.05, 0.1) is 6.04 Å². The molecule has 1 saturated carbocycles. The van der Waals surface area contributed by atoms with Crippen LogP contribution in [-0.4, -0.2) is 10.9 Å². The third-order valence-corrected chi connectivity index (χ3v) is 5.08. The van der Waals surface area contributed by atoms with Gasteiger partial charge < -0.3 is 10.1 Å². The number of aromatic nitrogens is 1. The smallest absolute Gasteiger partial charge is 0.220 e. The summed E-state index contributed by atoms with van der Waals surface area (Å²) in [6.07, 6.45) is 10.5. The fourth-order valence-corrected chi connectivity index (χ4v) is 3.54. The summed E-state index contributed by atoms with van der Waals surface area (Å²) in [4.78, 5) is 16.4. The predicted octanol–water partition coefficient (Wildman–Crippen LogP) is 4.81. The largest absolute Gasteiger partial charge is 0.489 e. The van der Waals surface area contributed by atoms with Crippen LogP contribution in [0.5, 0.6) is 5.75 Å². The minimum Gasteiger partial charge on any atom is -0.489 e. The summed E-state index contributed by atoms with van der Waals surface area (Å²) in [5.41, 5.74) is 2.13. The number of hydrogen-bond donors (Lipinski definition) is 1. The number of benzene rings is 1. The van der Waals surface area contributed by atoms with Gasteiger partial charge in [0.1, 0.15) is 12.4 Å². The average molecular weight is 352 g/mol. The summed E-state index contributed by atoms with van der Waals surface area (Å²) in [6.45, 7) is 2.53. The topological polar surface area (TPSA) is 51.2 Å². The van der Waals surface area contributed by atoms with Crippen molar-refractivity contribution in [3.63, 3.8) is 0 Å². The Morgan fingerprint density at radius 1 is 1.19 bits per heavy atom. The number of hydrogen-bond acceptors (Lipinski definition) is 3. The van der Waals surface area contributed by atoms with Crippen molar-refractivity contribution in [3.05, 3.63) is 59.9 Å². The van der Waals surface area contributed by atoms with Gasteiger partial charge in [-0.05, 0) is 49.4 Å². The first-order valence-corrected chi connectivity index (χ1v) is 9.62. The second-order valence-corrected chi connectivity index (χ2v) is 7.22. The van der Waals surface area contributed by atoms with Crippen molar-refractivity contribution in [2.45, 2.75) is 58.1 Å². The fraction of sp³-hybridized carbons (Fsp3) is 0.455. The van der Waals surface area contributed by atoms with E-state index in [4.69, 9.17) is 4.74 Å². The summed E-state index contributed by atoms with van der Waals surface area (Å²) in [5, 5.41) is 3.13. The Labute approximate surface area is 156 Å². The lowest BCUT2D eigenvalue weighted by Gasteiger charge is -2.22. The highest BCUT2D eigenvalue weighted by molar-refractivity contribution is 5.76. The molecule has 0 aliphatic heterocycles. The molecule has 1 aromatic heterocycles. The second-order valence-electron chi connectivity index (χ2n) is 7.22. The van der Waals surface area contributed by atoms with Crippen LogP contribution in [-0.2, 0) is 11.4 Å². The SMILES string of the molecule is CC(NC(=O)CC1CCCCC1)c1ccc(OCc2cccnc2)cc1. The van der Waals surface area contributed by atoms with Crippen molar-refractivity contribution in [3.8, 4) is 5.75 Å². The van der Waals surface area contributed by atoms with E-state index in [1.165, 1.54) is 32.1 Å². The summed E-state index contributed by atoms with van der Waals surface area (Å²) < 4.78 is 5.78. The molecule has 1 N–H and O–H groups in total. The molecule has 1 unspecified atom stereocenters. The van der Waals surface area contributed by atoms with Gasteiger partial charge in [0, 0.05) is 24.4 Å². The standard InChI is InChI=1S/C22H28N2O2/c1-17(24-22(25)14-18-6-3-2-4-7-18)20-9-11-21(12-10-20)26-16-19-8-5-13-23-15-19/h5,8-13,15,17-18H,2-4,6-7,14,16H2,1H3,(H,24,25). The summed E-state index contributed by atoms with van der Waals surface area (Å²) in [6, 6.07) is 11.8. The molecule has 1 aromatic carbocycles. The third-order valence-electron chi connectivity index (χ3n) is 5.08. The lowest BCUT2D eigenvalue weighted by molar-refractivity contribution is -0.122. The van der Waals surface area contributed by atoms with Gasteiger partial charge in [0.15, 0.2) is 0 Å². The molecule has 1 heterocycles. The second kappa shape index (κ2) is 9.37. The monoisotopic (exact) mass is 352 g/mol. The lowest BCUT2D eigenvalue weighted by Crippen LogP contribution is -2.28. The Kier molecular flexibility index (Phi) is 6.64. The number of amides is 1. The molecule has 4 nitrogen and oxygen atoms in total. The van der Waals surface area contributed by atoms with Gasteiger partial charge in [0.25, 0.3) is 0 Å². The van der Waals surface area contributed by atoms with Crippen LogP contribution in [0.15, 0.2) is 48.8 Å². The van der Waals surface area contributed by atoms with Crippen LogP contribution in [0.4, 0.5) is 0 Å². The molecule has 1 amide bonds. The van der Waals surface area contributed by atoms with Gasteiger partial charge in [0.2, 0.25) is 5.91 Å². The zero-order valence-electron chi connectivity index (χ0n) is 15.5. The van der Waals surface area contributed by atoms with Crippen molar-refractivity contribution < 1.29 is 9.53 Å². The first-order chi connectivity index (χ1) is 12.7. The molecule has 0 radical (unpaired) electrons. The summed E-state index contributed by atoms with van der Waals surface area (Å²) in [5.74, 6) is 1.55. The third kappa shape index (κ3) is 5.58. The highest BCUT2D eigenvalue weighted by Crippen LogP contribution is 2.26. The average Bonchev–Trinajstić information content (AvgIpc) is 2.68. The number of rotatable bonds is 7. The van der Waals surface area contributed by atoms with Gasteiger partial charge >= 0.3 is 0 Å². The van der Waals surface area contributed by atoms with E-state index in [0.29, 0.717) is 18.9 Å². The first kappa shape index (κ1) is 18.4. The highest BCUT2D eigenvalue weighted by Gasteiger charge is 2.18. The molecular weight excluding hydrogens is 324 g/mol. The van der Waals surface area contributed by atoms with Crippen LogP contribution in [0.1, 0.15) is 62.6 Å². The Morgan fingerprint density at radius 3 is 2.65 bits per heavy atom. The van der Waals surface area contributed by atoms with Gasteiger partial charge in [-0.3, -0.25) is 9.78 Å². The number of ether oxygens (including phenoxy) is 1. The molecule has 138 valence electrons. The Morgan fingerprint density at radius 2 is 1.96 bits per heavy atom. The maximum Gasteiger partial charge on any atom is 0.220 e. The Bertz CT molecular complexity index is 679. The van der Waals surface area contributed by atoms with E-state index in [2.05, 4.69) is 10.3 Å². The minimum atomic E-state index is 0.0125. The molecule has 4 heteroatoms. The van der Waals surface area contributed by atoms with E-state index in [1.807, 2.05) is 43.3 Å². The van der Waals surface area contributed by atoms with Crippen LogP contribution in [0.3, 0.4) is 0 Å². The van der Waals surface area contributed by atoms with Crippen LogP contribution < -0.4 is 10.1 Å². The maximum atomic E-state index is 12.3. The molecular formula is C22H28N2O2. The van der Waals surface area contributed by atoms with Crippen LogP contribution >= 0.6 is 0 Å². The van der Waals surface area contributed by atoms with Crippen molar-refractivity contribution in [2.24, 2.45) is 5.92 Å². The van der Waals surface area contributed by atoms with Crippen LogP contribution in [0, 0.1) is 5.92 Å². The van der Waals surface area contributed by atoms with Crippen molar-refractivity contribution in [1.82, 2.24) is 10.3 Å². The highest BCUT2D eigenvalue weighted by atomic mass is 16.5. The fourth-order valence-electron chi connectivity index (χ4n) is 3.54. The van der Waals surface area contributed by atoms with E-state index >= 15 is 0 Å². The number of nitrogens with zero attached hydrogens (tertiary/aromatic N) is 1. The Balaban J connectivity index is 1.46. The van der Waals surface area contributed by atoms with Gasteiger partial charge in [-0.15, -0.1) is 0 Å². The molecule has 2 aromatic rings. The Hall–Kier alpha value is -2.36. The van der Waals surface area contributed by atoms with Crippen LogP contribution in [0.2, 0.25) is 0 Å². The van der Waals surface area contributed by atoms with Crippen LogP contribution in [0.25, 0.3) is 0 Å². The number of pyridine rings is 1. The quantitative estimate of drug-likeness (QED) is 0.778. The zero-order chi connectivity index (χ0) is 18.2. The van der Waals surface area contributed by atoms with E-state index in [1.54, 1.807) is 12.4 Å². The van der Waals surface area contributed by atoms with E-state index in [0.717, 1.165) is 16.9 Å². The normalized spacial score (nSPS) is 16.0. The maximum absolute atomic E-state index is 12.3. The lowest BCUT2D eigenvalue weighted by atomic mass is 9.87.